The van der Waals surface area contributed by atoms with Gasteiger partial charge in [0.1, 0.15) is 28.9 Å². The number of ether oxygens (including phenoxy) is 3. The number of carbonyl (C=O) groups excluding carboxylic acids is 1. The number of carbonyl (C=O) groups is 1. The minimum absolute atomic E-state index is 0.240. The van der Waals surface area contributed by atoms with Crippen molar-refractivity contribution in [3.63, 3.8) is 0 Å². The number of thiazole rings is 1. The highest BCUT2D eigenvalue weighted by Crippen LogP contribution is 2.28. The number of methoxy groups -OCH3 is 2. The van der Waals surface area contributed by atoms with Crippen LogP contribution in [0.2, 0.25) is 0 Å². The fourth-order valence-electron chi connectivity index (χ4n) is 2.38. The normalized spacial score (nSPS) is 10.8. The van der Waals surface area contributed by atoms with E-state index in [9.17, 15) is 9.18 Å². The quantitative estimate of drug-likeness (QED) is 0.425. The van der Waals surface area contributed by atoms with E-state index in [0.717, 1.165) is 16.3 Å². The van der Waals surface area contributed by atoms with Crippen molar-refractivity contribution in [3.05, 3.63) is 71.0 Å². The lowest BCUT2D eigenvalue weighted by molar-refractivity contribution is -0.134. The van der Waals surface area contributed by atoms with E-state index in [1.54, 1.807) is 43.5 Å². The number of esters is 1. The molecule has 0 radical (unpaired) electrons. The minimum Gasteiger partial charge on any atom is -0.497 e. The Morgan fingerprint density at radius 1 is 1.18 bits per heavy atom. The fraction of sp³-hybridized carbons (Fsp3) is 0.143. The molecular formula is C21H18FNO4S. The number of aromatic nitrogens is 1. The minimum atomic E-state index is -0.454. The molecule has 0 atom stereocenters. The molecule has 5 nitrogen and oxygen atoms in total. The van der Waals surface area contributed by atoms with Crippen LogP contribution in [0, 0.1) is 5.82 Å². The molecule has 7 heteroatoms. The molecule has 0 saturated carbocycles. The predicted octanol–water partition coefficient (Wildman–Crippen LogP) is 4.72. The molecule has 0 aliphatic heterocycles. The zero-order chi connectivity index (χ0) is 19.9. The van der Waals surface area contributed by atoms with E-state index in [1.165, 1.54) is 36.7 Å². The highest BCUT2D eigenvalue weighted by atomic mass is 32.1. The van der Waals surface area contributed by atoms with Crippen LogP contribution in [0.15, 0.2) is 53.9 Å². The van der Waals surface area contributed by atoms with Crippen LogP contribution in [0.5, 0.6) is 11.5 Å². The SMILES string of the molecule is COC(=O)/C=C/c1ccc(OC)cc1OCc1csc(-c2ccc(F)cc2)n1. The molecule has 0 N–H and O–H groups in total. The molecule has 0 aliphatic carbocycles. The van der Waals surface area contributed by atoms with E-state index in [-0.39, 0.29) is 12.4 Å². The van der Waals surface area contributed by atoms with E-state index in [0.29, 0.717) is 17.1 Å². The van der Waals surface area contributed by atoms with Crippen LogP contribution in [-0.2, 0) is 16.1 Å². The molecule has 3 aromatic rings. The first-order valence-corrected chi connectivity index (χ1v) is 9.24. The van der Waals surface area contributed by atoms with Gasteiger partial charge in [0, 0.05) is 28.6 Å². The Balaban J connectivity index is 1.75. The summed E-state index contributed by atoms with van der Waals surface area (Å²) in [6.07, 6.45) is 2.94. The zero-order valence-electron chi connectivity index (χ0n) is 15.3. The van der Waals surface area contributed by atoms with Gasteiger partial charge in [-0.2, -0.15) is 0 Å². The Labute approximate surface area is 166 Å². The van der Waals surface area contributed by atoms with Crippen molar-refractivity contribution in [2.45, 2.75) is 6.61 Å². The number of benzene rings is 2. The molecule has 3 rings (SSSR count). The molecule has 0 fully saturated rings. The first-order valence-electron chi connectivity index (χ1n) is 8.36. The number of hydrogen-bond acceptors (Lipinski definition) is 6. The molecule has 0 unspecified atom stereocenters. The van der Waals surface area contributed by atoms with E-state index >= 15 is 0 Å². The summed E-state index contributed by atoms with van der Waals surface area (Å²) in [6, 6.07) is 11.5. The Bertz CT molecular complexity index is 982. The lowest BCUT2D eigenvalue weighted by Crippen LogP contribution is -1.99. The third-order valence-electron chi connectivity index (χ3n) is 3.84. The summed E-state index contributed by atoms with van der Waals surface area (Å²) in [4.78, 5) is 15.9. The lowest BCUT2D eigenvalue weighted by atomic mass is 10.1. The van der Waals surface area contributed by atoms with Crippen molar-refractivity contribution >= 4 is 23.4 Å². The van der Waals surface area contributed by atoms with Gasteiger partial charge < -0.3 is 14.2 Å². The van der Waals surface area contributed by atoms with Crippen molar-refractivity contribution < 1.29 is 23.4 Å². The Kier molecular flexibility index (Phi) is 6.39. The van der Waals surface area contributed by atoms with Crippen molar-refractivity contribution in [1.82, 2.24) is 4.98 Å². The van der Waals surface area contributed by atoms with E-state index in [4.69, 9.17) is 9.47 Å². The van der Waals surface area contributed by atoms with Crippen molar-refractivity contribution in [2.24, 2.45) is 0 Å². The van der Waals surface area contributed by atoms with Crippen LogP contribution in [0.25, 0.3) is 16.6 Å². The first kappa shape index (κ1) is 19.6. The highest BCUT2D eigenvalue weighted by molar-refractivity contribution is 7.13. The third kappa shape index (κ3) is 4.95. The molecule has 0 aliphatic rings. The van der Waals surface area contributed by atoms with Crippen molar-refractivity contribution in [1.29, 1.82) is 0 Å². The van der Waals surface area contributed by atoms with E-state index in [1.807, 2.05) is 5.38 Å². The molecule has 0 saturated heterocycles. The molecular weight excluding hydrogens is 381 g/mol. The summed E-state index contributed by atoms with van der Waals surface area (Å²) in [5.74, 6) is 0.450. The number of hydrogen-bond donors (Lipinski definition) is 0. The van der Waals surface area contributed by atoms with Gasteiger partial charge >= 0.3 is 5.97 Å². The second-order valence-corrected chi connectivity index (χ2v) is 6.56. The van der Waals surface area contributed by atoms with Crippen molar-refractivity contribution in [2.75, 3.05) is 14.2 Å². The maximum absolute atomic E-state index is 13.1. The molecule has 28 heavy (non-hydrogen) atoms. The molecule has 0 bridgehead atoms. The summed E-state index contributed by atoms with van der Waals surface area (Å²) >= 11 is 1.46. The number of rotatable bonds is 7. The fourth-order valence-corrected chi connectivity index (χ4v) is 3.19. The summed E-state index contributed by atoms with van der Waals surface area (Å²) in [6.45, 7) is 0.240. The largest absolute Gasteiger partial charge is 0.497 e. The molecule has 2 aromatic carbocycles. The van der Waals surface area contributed by atoms with Gasteiger partial charge in [-0.1, -0.05) is 0 Å². The third-order valence-corrected chi connectivity index (χ3v) is 4.78. The topological polar surface area (TPSA) is 57.7 Å². The monoisotopic (exact) mass is 399 g/mol. The number of halogens is 1. The first-order chi connectivity index (χ1) is 13.6. The van der Waals surface area contributed by atoms with Gasteiger partial charge in [-0.05, 0) is 42.5 Å². The molecule has 0 amide bonds. The van der Waals surface area contributed by atoms with Gasteiger partial charge in [-0.15, -0.1) is 11.3 Å². The second-order valence-electron chi connectivity index (χ2n) is 5.70. The summed E-state index contributed by atoms with van der Waals surface area (Å²) < 4.78 is 28.8. The van der Waals surface area contributed by atoms with Gasteiger partial charge in [0.05, 0.1) is 19.9 Å². The van der Waals surface area contributed by atoms with Gasteiger partial charge in [0.2, 0.25) is 0 Å². The van der Waals surface area contributed by atoms with Crippen LogP contribution in [-0.4, -0.2) is 25.2 Å². The van der Waals surface area contributed by atoms with Gasteiger partial charge in [0.15, 0.2) is 0 Å². The molecule has 0 spiro atoms. The van der Waals surface area contributed by atoms with E-state index in [2.05, 4.69) is 9.72 Å². The van der Waals surface area contributed by atoms with Crippen LogP contribution in [0.3, 0.4) is 0 Å². The smallest absolute Gasteiger partial charge is 0.330 e. The summed E-state index contributed by atoms with van der Waals surface area (Å²) in [7, 11) is 2.89. The van der Waals surface area contributed by atoms with Crippen LogP contribution >= 0.6 is 11.3 Å². The molecule has 1 aromatic heterocycles. The van der Waals surface area contributed by atoms with Crippen LogP contribution in [0.1, 0.15) is 11.3 Å². The zero-order valence-corrected chi connectivity index (χ0v) is 16.2. The maximum Gasteiger partial charge on any atom is 0.330 e. The summed E-state index contributed by atoms with van der Waals surface area (Å²) in [5, 5.41) is 2.68. The van der Waals surface area contributed by atoms with Gasteiger partial charge in [-0.25, -0.2) is 14.2 Å². The predicted molar refractivity (Wildman–Crippen MR) is 106 cm³/mol. The van der Waals surface area contributed by atoms with Crippen LogP contribution in [0.4, 0.5) is 4.39 Å². The molecule has 1 heterocycles. The Hall–Kier alpha value is -3.19. The van der Waals surface area contributed by atoms with Gasteiger partial charge in [0.25, 0.3) is 0 Å². The lowest BCUT2D eigenvalue weighted by Gasteiger charge is -2.10. The van der Waals surface area contributed by atoms with Crippen molar-refractivity contribution in [3.8, 4) is 22.1 Å². The Morgan fingerprint density at radius 3 is 2.68 bits per heavy atom. The van der Waals surface area contributed by atoms with E-state index < -0.39 is 5.97 Å². The van der Waals surface area contributed by atoms with Crippen LogP contribution < -0.4 is 9.47 Å². The second kappa shape index (κ2) is 9.14. The molecule has 144 valence electrons. The average molecular weight is 399 g/mol. The van der Waals surface area contributed by atoms with Gasteiger partial charge in [-0.3, -0.25) is 0 Å². The average Bonchev–Trinajstić information content (AvgIpc) is 3.20. The standard InChI is InChI=1S/C21H18FNO4S/c1-25-18-9-5-14(6-10-20(24)26-2)19(11-18)27-12-17-13-28-21(23-17)15-3-7-16(22)8-4-15/h3-11,13H,12H2,1-2H3/b10-6+. The summed E-state index contributed by atoms with van der Waals surface area (Å²) in [5.41, 5.74) is 2.30. The Morgan fingerprint density at radius 2 is 1.96 bits per heavy atom. The number of nitrogens with zero attached hydrogens (tertiary/aromatic N) is 1. The highest BCUT2D eigenvalue weighted by Gasteiger charge is 2.09. The maximum atomic E-state index is 13.1.